The SMILES string of the molecule is Cc1nnc(-c2c(CCC3CCOCC3)nc3c(c2[C@@H]2CCN(C(=O)Cc4ccc(F)c(F)c4)C2)S(=O)(=O)C[C@@H]3C(C)C)o1. The Labute approximate surface area is 256 Å². The molecule has 2 saturated heterocycles. The second-order valence-electron chi connectivity index (χ2n) is 12.7. The Bertz CT molecular complexity index is 1670. The van der Waals surface area contributed by atoms with E-state index in [0.717, 1.165) is 50.3 Å². The van der Waals surface area contributed by atoms with Crippen molar-refractivity contribution in [3.63, 3.8) is 0 Å². The predicted molar refractivity (Wildman–Crippen MR) is 158 cm³/mol. The topological polar surface area (TPSA) is 115 Å². The molecule has 0 unspecified atom stereocenters. The Morgan fingerprint density at radius 2 is 1.89 bits per heavy atom. The van der Waals surface area contributed by atoms with Crippen LogP contribution in [0.1, 0.15) is 79.8 Å². The van der Waals surface area contributed by atoms with E-state index in [1.165, 1.54) is 6.07 Å². The van der Waals surface area contributed by atoms with Crippen LogP contribution in [0, 0.1) is 30.4 Å². The van der Waals surface area contributed by atoms with Crippen molar-refractivity contribution in [3.8, 4) is 11.5 Å². The number of hydrogen-bond acceptors (Lipinski definition) is 8. The van der Waals surface area contributed by atoms with E-state index < -0.39 is 21.5 Å². The average Bonchev–Trinajstić information content (AvgIpc) is 3.71. The van der Waals surface area contributed by atoms with Crippen molar-refractivity contribution in [2.24, 2.45) is 11.8 Å². The number of carbonyl (C=O) groups excluding carboxylic acids is 1. The summed E-state index contributed by atoms with van der Waals surface area (Å²) in [6.07, 6.45) is 3.87. The van der Waals surface area contributed by atoms with Crippen LogP contribution < -0.4 is 0 Å². The largest absolute Gasteiger partial charge is 0.421 e. The van der Waals surface area contributed by atoms with E-state index in [1.807, 2.05) is 13.8 Å². The van der Waals surface area contributed by atoms with Crippen LogP contribution in [0.3, 0.4) is 0 Å². The quantitative estimate of drug-likeness (QED) is 0.336. The summed E-state index contributed by atoms with van der Waals surface area (Å²) in [4.78, 5) is 20.3. The number of rotatable bonds is 8. The Balaban J connectivity index is 1.42. The molecule has 0 spiro atoms. The molecule has 3 aliphatic rings. The average molecular weight is 629 g/mol. The minimum atomic E-state index is -3.69. The third-order valence-electron chi connectivity index (χ3n) is 9.32. The number of aryl methyl sites for hydroxylation is 2. The zero-order valence-corrected chi connectivity index (χ0v) is 26.1. The number of benzene rings is 1. The van der Waals surface area contributed by atoms with Crippen molar-refractivity contribution in [1.29, 1.82) is 0 Å². The van der Waals surface area contributed by atoms with Gasteiger partial charge in [0.25, 0.3) is 0 Å². The first-order valence-electron chi connectivity index (χ1n) is 15.4. The summed E-state index contributed by atoms with van der Waals surface area (Å²) >= 11 is 0. The van der Waals surface area contributed by atoms with E-state index >= 15 is 0 Å². The Morgan fingerprint density at radius 3 is 2.57 bits per heavy atom. The number of hydrogen-bond donors (Lipinski definition) is 0. The Morgan fingerprint density at radius 1 is 1.11 bits per heavy atom. The second kappa shape index (κ2) is 12.3. The Hall–Kier alpha value is -3.25. The van der Waals surface area contributed by atoms with Crippen LogP contribution in [0.5, 0.6) is 0 Å². The number of aromatic nitrogens is 3. The molecular formula is C32H38F2N4O5S. The molecule has 1 amide bonds. The molecule has 1 aromatic carbocycles. The van der Waals surface area contributed by atoms with Gasteiger partial charge in [-0.25, -0.2) is 17.2 Å². The van der Waals surface area contributed by atoms with Crippen molar-refractivity contribution in [3.05, 3.63) is 58.2 Å². The van der Waals surface area contributed by atoms with Crippen LogP contribution in [0.2, 0.25) is 0 Å². The fourth-order valence-electron chi connectivity index (χ4n) is 6.89. The molecule has 0 aliphatic carbocycles. The monoisotopic (exact) mass is 628 g/mol. The number of nitrogens with zero attached hydrogens (tertiary/aromatic N) is 4. The standard InChI is InChI=1S/C32H38F2N4O5S/c1-18(2)23-17-44(40,41)31-28(22-8-11-38(16-22)27(39)15-21-4-6-24(33)25(34)14-21)29(32-37-36-19(3)43-32)26(35-30(23)31)7-5-20-9-12-42-13-10-20/h4,6,14,18,20,22-23H,5,7-13,15-17H2,1-3H3/t22-,23-/m1/s1. The fraction of sp³-hybridized carbons (Fsp3) is 0.562. The maximum absolute atomic E-state index is 13.9. The van der Waals surface area contributed by atoms with E-state index in [2.05, 4.69) is 10.2 Å². The molecular weight excluding hydrogens is 590 g/mol. The number of carbonyl (C=O) groups is 1. The first-order valence-corrected chi connectivity index (χ1v) is 17.1. The molecule has 12 heteroatoms. The lowest BCUT2D eigenvalue weighted by Gasteiger charge is -2.25. The highest BCUT2D eigenvalue weighted by molar-refractivity contribution is 7.91. The first kappa shape index (κ1) is 30.8. The van der Waals surface area contributed by atoms with E-state index in [0.29, 0.717) is 53.6 Å². The van der Waals surface area contributed by atoms with E-state index in [9.17, 15) is 22.0 Å². The van der Waals surface area contributed by atoms with Gasteiger partial charge in [-0.3, -0.25) is 9.78 Å². The molecule has 6 rings (SSSR count). The smallest absolute Gasteiger partial charge is 0.249 e. The third-order valence-corrected chi connectivity index (χ3v) is 11.2. The molecule has 5 heterocycles. The number of fused-ring (bicyclic) bond motifs is 1. The number of sulfone groups is 1. The van der Waals surface area contributed by atoms with Gasteiger partial charge in [-0.2, -0.15) is 0 Å². The van der Waals surface area contributed by atoms with Crippen molar-refractivity contribution in [2.75, 3.05) is 32.1 Å². The molecule has 3 aliphatic heterocycles. The molecule has 0 radical (unpaired) electrons. The van der Waals surface area contributed by atoms with Crippen LogP contribution >= 0.6 is 0 Å². The van der Waals surface area contributed by atoms with Gasteiger partial charge in [0.2, 0.25) is 17.7 Å². The van der Waals surface area contributed by atoms with Gasteiger partial charge >= 0.3 is 0 Å². The fourth-order valence-corrected chi connectivity index (χ4v) is 9.19. The molecule has 44 heavy (non-hydrogen) atoms. The Kier molecular flexibility index (Phi) is 8.58. The van der Waals surface area contributed by atoms with Gasteiger partial charge in [0.15, 0.2) is 21.5 Å². The molecule has 236 valence electrons. The minimum absolute atomic E-state index is 0.0167. The summed E-state index contributed by atoms with van der Waals surface area (Å²) in [6, 6.07) is 3.45. The molecule has 3 aromatic rings. The third kappa shape index (κ3) is 6.02. The number of amides is 1. The van der Waals surface area contributed by atoms with Crippen molar-refractivity contribution < 1.29 is 31.1 Å². The molecule has 0 bridgehead atoms. The summed E-state index contributed by atoms with van der Waals surface area (Å²) in [5.41, 5.74) is 2.92. The van der Waals surface area contributed by atoms with Crippen LogP contribution in [0.25, 0.3) is 11.5 Å². The molecule has 0 saturated carbocycles. The van der Waals surface area contributed by atoms with Gasteiger partial charge in [0, 0.05) is 45.1 Å². The van der Waals surface area contributed by atoms with Crippen LogP contribution in [0.15, 0.2) is 27.5 Å². The first-order chi connectivity index (χ1) is 21.0. The number of likely N-dealkylation sites (tertiary alicyclic amines) is 1. The summed E-state index contributed by atoms with van der Waals surface area (Å²) in [5, 5.41) is 8.40. The normalized spacial score (nSPS) is 21.7. The maximum Gasteiger partial charge on any atom is 0.249 e. The van der Waals surface area contributed by atoms with Crippen molar-refractivity contribution in [2.45, 2.75) is 76.0 Å². The lowest BCUT2D eigenvalue weighted by molar-refractivity contribution is -0.129. The van der Waals surface area contributed by atoms with Crippen LogP contribution in [-0.4, -0.2) is 66.5 Å². The molecule has 2 fully saturated rings. The van der Waals surface area contributed by atoms with E-state index in [-0.39, 0.29) is 53.2 Å². The van der Waals surface area contributed by atoms with Gasteiger partial charge in [-0.15, -0.1) is 10.2 Å². The highest BCUT2D eigenvalue weighted by atomic mass is 32.2. The van der Waals surface area contributed by atoms with Gasteiger partial charge in [0.1, 0.15) is 0 Å². The van der Waals surface area contributed by atoms with Crippen molar-refractivity contribution in [1.82, 2.24) is 20.1 Å². The summed E-state index contributed by atoms with van der Waals surface area (Å²) < 4.78 is 66.6. The zero-order valence-electron chi connectivity index (χ0n) is 25.3. The summed E-state index contributed by atoms with van der Waals surface area (Å²) in [5.74, 6) is -1.65. The molecule has 2 atom stereocenters. The summed E-state index contributed by atoms with van der Waals surface area (Å²) in [6.45, 7) is 7.86. The van der Waals surface area contributed by atoms with Crippen LogP contribution in [-0.2, 0) is 32.2 Å². The van der Waals surface area contributed by atoms with Crippen LogP contribution in [0.4, 0.5) is 8.78 Å². The van der Waals surface area contributed by atoms with Crippen molar-refractivity contribution >= 4 is 15.7 Å². The molecule has 9 nitrogen and oxygen atoms in total. The number of ether oxygens (including phenoxy) is 1. The van der Waals surface area contributed by atoms with Gasteiger partial charge in [-0.05, 0) is 67.2 Å². The highest BCUT2D eigenvalue weighted by Crippen LogP contribution is 2.48. The lowest BCUT2D eigenvalue weighted by Crippen LogP contribution is -2.30. The minimum Gasteiger partial charge on any atom is -0.421 e. The molecule has 2 aromatic heterocycles. The van der Waals surface area contributed by atoms with E-state index in [4.69, 9.17) is 14.1 Å². The van der Waals surface area contributed by atoms with Gasteiger partial charge in [-0.1, -0.05) is 19.9 Å². The maximum atomic E-state index is 13.9. The van der Waals surface area contributed by atoms with Gasteiger partial charge in [0.05, 0.1) is 34.0 Å². The predicted octanol–water partition coefficient (Wildman–Crippen LogP) is 5.16. The zero-order chi connectivity index (χ0) is 31.2. The lowest BCUT2D eigenvalue weighted by atomic mass is 9.85. The highest BCUT2D eigenvalue weighted by Gasteiger charge is 2.45. The molecule has 0 N–H and O–H groups in total. The van der Waals surface area contributed by atoms with Gasteiger partial charge < -0.3 is 14.1 Å². The summed E-state index contributed by atoms with van der Waals surface area (Å²) in [7, 11) is -3.69. The number of pyridine rings is 1. The second-order valence-corrected chi connectivity index (χ2v) is 14.6. The number of halogens is 2. The van der Waals surface area contributed by atoms with E-state index in [1.54, 1.807) is 11.8 Å².